The number of ether oxygens (including phenoxy) is 1. The van der Waals surface area contributed by atoms with Crippen LogP contribution in [0.2, 0.25) is 0 Å². The molecule has 1 N–H and O–H groups in total. The van der Waals surface area contributed by atoms with E-state index in [2.05, 4.69) is 4.74 Å². The number of halogens is 4. The number of hydrogen-bond acceptors (Lipinski definition) is 2. The van der Waals surface area contributed by atoms with Crippen molar-refractivity contribution in [2.45, 2.75) is 6.18 Å². The van der Waals surface area contributed by atoms with E-state index in [1.807, 2.05) is 0 Å². The van der Waals surface area contributed by atoms with Crippen molar-refractivity contribution in [3.8, 4) is 5.75 Å². The van der Waals surface area contributed by atoms with Crippen molar-refractivity contribution < 1.29 is 27.8 Å². The van der Waals surface area contributed by atoms with Gasteiger partial charge in [-0.15, -0.1) is 0 Å². The molecule has 0 spiro atoms. The molecule has 0 aromatic heterocycles. The maximum Gasteiger partial charge on any atom is 0.422 e. The van der Waals surface area contributed by atoms with E-state index in [0.29, 0.717) is 3.57 Å². The quantitative estimate of drug-likeness (QED) is 0.857. The van der Waals surface area contributed by atoms with E-state index in [1.165, 1.54) is 18.2 Å². The number of alkyl halides is 3. The SMILES string of the molecule is O=C(O)c1ccc(OCC(F)(F)F)c(I)c1. The van der Waals surface area contributed by atoms with Crippen molar-refractivity contribution in [3.63, 3.8) is 0 Å². The summed E-state index contributed by atoms with van der Waals surface area (Å²) in [5, 5.41) is 8.64. The third kappa shape index (κ3) is 3.87. The highest BCUT2D eigenvalue weighted by atomic mass is 127. The fraction of sp³-hybridized carbons (Fsp3) is 0.222. The predicted molar refractivity (Wildman–Crippen MR) is 57.7 cm³/mol. The summed E-state index contributed by atoms with van der Waals surface area (Å²) in [7, 11) is 0. The molecule has 0 amide bonds. The van der Waals surface area contributed by atoms with Crippen molar-refractivity contribution >= 4 is 28.6 Å². The molecule has 1 rings (SSSR count). The molecule has 0 aliphatic carbocycles. The first-order chi connectivity index (χ1) is 7.29. The Morgan fingerprint density at radius 3 is 2.50 bits per heavy atom. The smallest absolute Gasteiger partial charge is 0.422 e. The summed E-state index contributed by atoms with van der Waals surface area (Å²) in [6.45, 7) is -1.39. The predicted octanol–water partition coefficient (Wildman–Crippen LogP) is 2.93. The lowest BCUT2D eigenvalue weighted by Crippen LogP contribution is -2.19. The van der Waals surface area contributed by atoms with Crippen LogP contribution in [0.3, 0.4) is 0 Å². The molecule has 3 nitrogen and oxygen atoms in total. The summed E-state index contributed by atoms with van der Waals surface area (Å²) < 4.78 is 40.4. The van der Waals surface area contributed by atoms with Gasteiger partial charge in [-0.1, -0.05) is 0 Å². The Morgan fingerprint density at radius 2 is 2.06 bits per heavy atom. The van der Waals surface area contributed by atoms with E-state index in [0.717, 1.165) is 0 Å². The molecule has 0 aliphatic rings. The summed E-state index contributed by atoms with van der Waals surface area (Å²) in [5.41, 5.74) is 0.00348. The van der Waals surface area contributed by atoms with E-state index >= 15 is 0 Å². The van der Waals surface area contributed by atoms with Crippen LogP contribution in [0.15, 0.2) is 18.2 Å². The molecule has 0 fully saturated rings. The van der Waals surface area contributed by atoms with Gasteiger partial charge in [-0.25, -0.2) is 4.79 Å². The van der Waals surface area contributed by atoms with Crippen molar-refractivity contribution in [3.05, 3.63) is 27.3 Å². The molecule has 0 saturated carbocycles. The third-order valence-electron chi connectivity index (χ3n) is 1.57. The molecule has 1 aromatic carbocycles. The maximum absolute atomic E-state index is 11.9. The van der Waals surface area contributed by atoms with Gasteiger partial charge in [-0.3, -0.25) is 0 Å². The zero-order chi connectivity index (χ0) is 12.3. The largest absolute Gasteiger partial charge is 0.483 e. The van der Waals surface area contributed by atoms with Crippen molar-refractivity contribution in [1.29, 1.82) is 0 Å². The van der Waals surface area contributed by atoms with Crippen LogP contribution >= 0.6 is 22.6 Å². The molecule has 88 valence electrons. The molecule has 0 bridgehead atoms. The van der Waals surface area contributed by atoms with Gasteiger partial charge in [-0.05, 0) is 40.8 Å². The molecule has 16 heavy (non-hydrogen) atoms. The number of carbonyl (C=O) groups is 1. The first kappa shape index (κ1) is 13.1. The third-order valence-corrected chi connectivity index (χ3v) is 2.41. The Balaban J connectivity index is 2.80. The summed E-state index contributed by atoms with van der Waals surface area (Å²) in [5.74, 6) is -1.12. The lowest BCUT2D eigenvalue weighted by atomic mass is 10.2. The van der Waals surface area contributed by atoms with E-state index in [1.54, 1.807) is 22.6 Å². The Labute approximate surface area is 102 Å². The zero-order valence-electron chi connectivity index (χ0n) is 7.71. The molecule has 0 aliphatic heterocycles. The molecule has 0 atom stereocenters. The Hall–Kier alpha value is -0.990. The first-order valence-corrected chi connectivity index (χ1v) is 5.10. The van der Waals surface area contributed by atoms with E-state index in [-0.39, 0.29) is 11.3 Å². The van der Waals surface area contributed by atoms with Crippen molar-refractivity contribution in [1.82, 2.24) is 0 Å². The number of aromatic carboxylic acids is 1. The van der Waals surface area contributed by atoms with Crippen LogP contribution in [0.5, 0.6) is 5.75 Å². The topological polar surface area (TPSA) is 46.5 Å². The van der Waals surface area contributed by atoms with E-state index in [4.69, 9.17) is 5.11 Å². The highest BCUT2D eigenvalue weighted by molar-refractivity contribution is 14.1. The van der Waals surface area contributed by atoms with Crippen molar-refractivity contribution in [2.24, 2.45) is 0 Å². The minimum absolute atomic E-state index is 0.00348. The number of hydrogen-bond donors (Lipinski definition) is 1. The number of benzene rings is 1. The Kier molecular flexibility index (Phi) is 4.00. The zero-order valence-corrected chi connectivity index (χ0v) is 9.87. The van der Waals surface area contributed by atoms with Gasteiger partial charge in [0, 0.05) is 0 Å². The Bertz CT molecular complexity index is 403. The normalized spacial score (nSPS) is 11.2. The maximum atomic E-state index is 11.9. The average molecular weight is 346 g/mol. The summed E-state index contributed by atoms with van der Waals surface area (Å²) in [6.07, 6.45) is -4.41. The highest BCUT2D eigenvalue weighted by Gasteiger charge is 2.28. The van der Waals surface area contributed by atoms with Crippen LogP contribution in [0.25, 0.3) is 0 Å². The van der Waals surface area contributed by atoms with Crippen LogP contribution in [0.1, 0.15) is 10.4 Å². The van der Waals surface area contributed by atoms with E-state index < -0.39 is 18.8 Å². The Morgan fingerprint density at radius 1 is 1.44 bits per heavy atom. The van der Waals surface area contributed by atoms with E-state index in [9.17, 15) is 18.0 Å². The first-order valence-electron chi connectivity index (χ1n) is 4.02. The minimum Gasteiger partial charge on any atom is -0.483 e. The fourth-order valence-corrected chi connectivity index (χ4v) is 1.58. The molecule has 0 radical (unpaired) electrons. The lowest BCUT2D eigenvalue weighted by molar-refractivity contribution is -0.153. The van der Waals surface area contributed by atoms with Gasteiger partial charge in [0.25, 0.3) is 0 Å². The van der Waals surface area contributed by atoms with Gasteiger partial charge in [0.2, 0.25) is 0 Å². The number of carboxylic acids is 1. The van der Waals surface area contributed by atoms with Crippen LogP contribution in [-0.4, -0.2) is 23.9 Å². The summed E-state index contributed by atoms with van der Waals surface area (Å²) in [4.78, 5) is 10.6. The second-order valence-corrected chi connectivity index (χ2v) is 4.02. The van der Waals surface area contributed by atoms with Crippen LogP contribution < -0.4 is 4.74 Å². The van der Waals surface area contributed by atoms with Gasteiger partial charge >= 0.3 is 12.1 Å². The van der Waals surface area contributed by atoms with Gasteiger partial charge < -0.3 is 9.84 Å². The average Bonchev–Trinajstić information content (AvgIpc) is 2.14. The monoisotopic (exact) mass is 346 g/mol. The molecule has 0 heterocycles. The molecular weight excluding hydrogens is 340 g/mol. The van der Waals surface area contributed by atoms with Gasteiger partial charge in [0.05, 0.1) is 9.13 Å². The second-order valence-electron chi connectivity index (χ2n) is 2.85. The lowest BCUT2D eigenvalue weighted by Gasteiger charge is -2.10. The number of carboxylic acid groups (broad SMARTS) is 1. The minimum atomic E-state index is -4.41. The van der Waals surface area contributed by atoms with Crippen molar-refractivity contribution in [2.75, 3.05) is 6.61 Å². The van der Waals surface area contributed by atoms with Crippen LogP contribution in [-0.2, 0) is 0 Å². The standard InChI is InChI=1S/C9H6F3IO3/c10-9(11,12)4-16-7-2-1-5(8(14)15)3-6(7)13/h1-3H,4H2,(H,14,15). The summed E-state index contributed by atoms with van der Waals surface area (Å²) in [6, 6.07) is 3.64. The molecule has 0 unspecified atom stereocenters. The summed E-state index contributed by atoms with van der Waals surface area (Å²) >= 11 is 1.72. The van der Waals surface area contributed by atoms with Crippen LogP contribution in [0, 0.1) is 3.57 Å². The molecular formula is C9H6F3IO3. The van der Waals surface area contributed by atoms with Gasteiger partial charge in [-0.2, -0.15) is 13.2 Å². The molecule has 7 heteroatoms. The fourth-order valence-electron chi connectivity index (χ4n) is 0.911. The van der Waals surface area contributed by atoms with Gasteiger partial charge in [0.1, 0.15) is 5.75 Å². The molecule has 1 aromatic rings. The van der Waals surface area contributed by atoms with Crippen LogP contribution in [0.4, 0.5) is 13.2 Å². The second kappa shape index (κ2) is 4.89. The molecule has 0 saturated heterocycles. The van der Waals surface area contributed by atoms with Gasteiger partial charge in [0.15, 0.2) is 6.61 Å². The number of rotatable bonds is 3. The highest BCUT2D eigenvalue weighted by Crippen LogP contribution is 2.24.